The van der Waals surface area contributed by atoms with Crippen molar-refractivity contribution in [3.05, 3.63) is 17.3 Å². The molecule has 0 aromatic carbocycles. The Hall–Kier alpha value is -1.14. The second kappa shape index (κ2) is 4.80. The van der Waals surface area contributed by atoms with Crippen molar-refractivity contribution in [1.29, 1.82) is 0 Å². The number of primary amides is 1. The molecule has 0 radical (unpaired) electrons. The zero-order valence-electron chi connectivity index (χ0n) is 8.77. The first-order valence-electron chi connectivity index (χ1n) is 4.79. The zero-order valence-corrected chi connectivity index (χ0v) is 10.4. The first-order chi connectivity index (χ1) is 7.66. The Morgan fingerprint density at radius 3 is 3.12 bits per heavy atom. The molecule has 2 heterocycles. The number of fused-ring (bicyclic) bond motifs is 1. The Morgan fingerprint density at radius 2 is 2.38 bits per heavy atom. The first-order valence-corrected chi connectivity index (χ1v) is 6.59. The molecule has 6 heteroatoms. The summed E-state index contributed by atoms with van der Waals surface area (Å²) in [7, 11) is 0. The lowest BCUT2D eigenvalue weighted by molar-refractivity contribution is -0.117. The normalized spacial score (nSPS) is 10.8. The van der Waals surface area contributed by atoms with Gasteiger partial charge in [-0.05, 0) is 13.0 Å². The van der Waals surface area contributed by atoms with Crippen LogP contribution in [-0.2, 0) is 4.79 Å². The van der Waals surface area contributed by atoms with Gasteiger partial charge < -0.3 is 5.73 Å². The van der Waals surface area contributed by atoms with Crippen LogP contribution in [0.4, 0.5) is 0 Å². The van der Waals surface area contributed by atoms with Gasteiger partial charge in [0.05, 0.1) is 0 Å². The Labute approximate surface area is 101 Å². The molecule has 0 aliphatic heterocycles. The number of aromatic nitrogens is 2. The smallest absolute Gasteiger partial charge is 0.218 e. The summed E-state index contributed by atoms with van der Waals surface area (Å²) in [5.41, 5.74) is 5.09. The molecule has 0 aliphatic carbocycles. The van der Waals surface area contributed by atoms with Crippen molar-refractivity contribution in [3.8, 4) is 0 Å². The number of thiophene rings is 1. The Bertz CT molecular complexity index is 524. The third-order valence-corrected chi connectivity index (χ3v) is 3.97. The van der Waals surface area contributed by atoms with Crippen LogP contribution in [0.5, 0.6) is 0 Å². The lowest BCUT2D eigenvalue weighted by atomic mass is 10.4. The van der Waals surface area contributed by atoms with Gasteiger partial charge in [-0.25, -0.2) is 9.97 Å². The third kappa shape index (κ3) is 2.51. The predicted molar refractivity (Wildman–Crippen MR) is 66.7 cm³/mol. The van der Waals surface area contributed by atoms with E-state index in [-0.39, 0.29) is 5.91 Å². The van der Waals surface area contributed by atoms with Crippen LogP contribution in [0.3, 0.4) is 0 Å². The number of rotatable bonds is 4. The molecule has 0 fully saturated rings. The summed E-state index contributed by atoms with van der Waals surface area (Å²) in [6.45, 7) is 2.05. The summed E-state index contributed by atoms with van der Waals surface area (Å²) >= 11 is 3.20. The second-order valence-electron chi connectivity index (χ2n) is 3.32. The number of carbonyl (C=O) groups is 1. The largest absolute Gasteiger partial charge is 0.370 e. The van der Waals surface area contributed by atoms with E-state index in [1.54, 1.807) is 29.4 Å². The van der Waals surface area contributed by atoms with Gasteiger partial charge in [0.25, 0.3) is 0 Å². The number of carbonyl (C=O) groups excluding carboxylic acids is 1. The van der Waals surface area contributed by atoms with E-state index in [2.05, 4.69) is 16.0 Å². The summed E-state index contributed by atoms with van der Waals surface area (Å²) in [4.78, 5) is 21.3. The number of amides is 1. The quantitative estimate of drug-likeness (QED) is 0.668. The number of thioether (sulfide) groups is 1. The Balaban J connectivity index is 2.20. The fourth-order valence-corrected chi connectivity index (χ4v) is 3.16. The molecule has 84 valence electrons. The number of aryl methyl sites for hydroxylation is 1. The predicted octanol–water partition coefficient (Wildman–Crippen LogP) is 1.97. The first kappa shape index (κ1) is 11.3. The summed E-state index contributed by atoms with van der Waals surface area (Å²) in [5.74, 6) is 0.385. The molecule has 4 nitrogen and oxygen atoms in total. The van der Waals surface area contributed by atoms with Gasteiger partial charge in [-0.3, -0.25) is 4.79 Å². The van der Waals surface area contributed by atoms with Gasteiger partial charge in [-0.2, -0.15) is 0 Å². The minimum Gasteiger partial charge on any atom is -0.370 e. The maximum Gasteiger partial charge on any atom is 0.218 e. The van der Waals surface area contributed by atoms with Crippen molar-refractivity contribution in [2.24, 2.45) is 5.73 Å². The molecular weight excluding hydrogens is 242 g/mol. The second-order valence-corrected chi connectivity index (χ2v) is 5.64. The van der Waals surface area contributed by atoms with E-state index in [1.165, 1.54) is 4.88 Å². The van der Waals surface area contributed by atoms with Gasteiger partial charge in [-0.1, -0.05) is 0 Å². The SMILES string of the molecule is Cc1cc2c(SCCC(N)=O)ncnc2s1. The molecule has 0 aliphatic rings. The third-order valence-electron chi connectivity index (χ3n) is 2.00. The van der Waals surface area contributed by atoms with Crippen molar-refractivity contribution >= 4 is 39.2 Å². The minimum absolute atomic E-state index is 0.278. The molecule has 2 rings (SSSR count). The van der Waals surface area contributed by atoms with E-state index in [0.29, 0.717) is 12.2 Å². The van der Waals surface area contributed by atoms with Crippen molar-refractivity contribution in [1.82, 2.24) is 9.97 Å². The van der Waals surface area contributed by atoms with E-state index in [4.69, 9.17) is 5.73 Å². The summed E-state index contributed by atoms with van der Waals surface area (Å²) < 4.78 is 0. The average Bonchev–Trinajstić information content (AvgIpc) is 2.58. The summed E-state index contributed by atoms with van der Waals surface area (Å²) in [5, 5.41) is 2.00. The van der Waals surface area contributed by atoms with Crippen LogP contribution >= 0.6 is 23.1 Å². The number of hydrogen-bond acceptors (Lipinski definition) is 5. The van der Waals surface area contributed by atoms with E-state index in [0.717, 1.165) is 15.2 Å². The number of nitrogens with zero attached hydrogens (tertiary/aromatic N) is 2. The van der Waals surface area contributed by atoms with Gasteiger partial charge in [0, 0.05) is 22.4 Å². The highest BCUT2D eigenvalue weighted by molar-refractivity contribution is 7.99. The van der Waals surface area contributed by atoms with Crippen LogP contribution in [0.1, 0.15) is 11.3 Å². The van der Waals surface area contributed by atoms with Crippen molar-refractivity contribution in [3.63, 3.8) is 0 Å². The molecule has 0 saturated carbocycles. The molecule has 1 amide bonds. The molecule has 0 saturated heterocycles. The maximum atomic E-state index is 10.6. The fourth-order valence-electron chi connectivity index (χ4n) is 1.32. The van der Waals surface area contributed by atoms with Gasteiger partial charge in [0.15, 0.2) is 0 Å². The van der Waals surface area contributed by atoms with Crippen LogP contribution < -0.4 is 5.73 Å². The van der Waals surface area contributed by atoms with Crippen LogP contribution in [0, 0.1) is 6.92 Å². The molecule has 16 heavy (non-hydrogen) atoms. The van der Waals surface area contributed by atoms with E-state index in [9.17, 15) is 4.79 Å². The molecule has 0 atom stereocenters. The van der Waals surface area contributed by atoms with Gasteiger partial charge in [0.1, 0.15) is 16.2 Å². The van der Waals surface area contributed by atoms with E-state index < -0.39 is 0 Å². The molecule has 2 aromatic rings. The lowest BCUT2D eigenvalue weighted by Crippen LogP contribution is -2.10. The Morgan fingerprint density at radius 1 is 1.56 bits per heavy atom. The molecule has 0 bridgehead atoms. The summed E-state index contributed by atoms with van der Waals surface area (Å²) in [6, 6.07) is 2.08. The fraction of sp³-hybridized carbons (Fsp3) is 0.300. The van der Waals surface area contributed by atoms with Crippen LogP contribution in [-0.4, -0.2) is 21.6 Å². The number of nitrogens with two attached hydrogens (primary N) is 1. The maximum absolute atomic E-state index is 10.6. The standard InChI is InChI=1S/C10H11N3OS2/c1-6-4-7-9(15-3-2-8(11)14)12-5-13-10(7)16-6/h4-5H,2-3H2,1H3,(H2,11,14). The lowest BCUT2D eigenvalue weighted by Gasteiger charge is -1.99. The monoisotopic (exact) mass is 253 g/mol. The van der Waals surface area contributed by atoms with Crippen LogP contribution in [0.15, 0.2) is 17.4 Å². The van der Waals surface area contributed by atoms with E-state index >= 15 is 0 Å². The van der Waals surface area contributed by atoms with Crippen LogP contribution in [0.2, 0.25) is 0 Å². The topological polar surface area (TPSA) is 68.9 Å². The highest BCUT2D eigenvalue weighted by Crippen LogP contribution is 2.30. The Kier molecular flexibility index (Phi) is 3.40. The summed E-state index contributed by atoms with van der Waals surface area (Å²) in [6.07, 6.45) is 1.93. The highest BCUT2D eigenvalue weighted by Gasteiger charge is 2.07. The highest BCUT2D eigenvalue weighted by atomic mass is 32.2. The van der Waals surface area contributed by atoms with Crippen molar-refractivity contribution in [2.45, 2.75) is 18.4 Å². The van der Waals surface area contributed by atoms with Crippen molar-refractivity contribution in [2.75, 3.05) is 5.75 Å². The molecule has 2 N–H and O–H groups in total. The zero-order chi connectivity index (χ0) is 11.5. The molecule has 2 aromatic heterocycles. The van der Waals surface area contributed by atoms with Gasteiger partial charge >= 0.3 is 0 Å². The molecule has 0 unspecified atom stereocenters. The molecule has 0 spiro atoms. The molecular formula is C10H11N3OS2. The van der Waals surface area contributed by atoms with Crippen molar-refractivity contribution < 1.29 is 4.79 Å². The van der Waals surface area contributed by atoms with Gasteiger partial charge in [0.2, 0.25) is 5.91 Å². The van der Waals surface area contributed by atoms with E-state index in [1.807, 2.05) is 6.92 Å². The minimum atomic E-state index is -0.278. The van der Waals surface area contributed by atoms with Crippen LogP contribution in [0.25, 0.3) is 10.2 Å². The average molecular weight is 253 g/mol. The number of hydrogen-bond donors (Lipinski definition) is 1. The van der Waals surface area contributed by atoms with Gasteiger partial charge in [-0.15, -0.1) is 23.1 Å².